The van der Waals surface area contributed by atoms with Gasteiger partial charge in [0.15, 0.2) is 0 Å². The Balaban J connectivity index is 1.72. The van der Waals surface area contributed by atoms with Crippen molar-refractivity contribution in [3.63, 3.8) is 0 Å². The number of phenols is 1. The van der Waals surface area contributed by atoms with Crippen molar-refractivity contribution in [3.05, 3.63) is 84.2 Å². The average molecular weight is 320 g/mol. The third-order valence-electron chi connectivity index (χ3n) is 3.89. The van der Waals surface area contributed by atoms with Crippen LogP contribution in [0.1, 0.15) is 22.8 Å². The van der Waals surface area contributed by atoms with Crippen molar-refractivity contribution in [2.45, 2.75) is 19.4 Å². The lowest BCUT2D eigenvalue weighted by Gasteiger charge is -2.16. The normalized spacial score (nSPS) is 11.9. The summed E-state index contributed by atoms with van der Waals surface area (Å²) in [7, 11) is 0. The first-order chi connectivity index (χ1) is 11.6. The molecule has 1 amide bonds. The van der Waals surface area contributed by atoms with Gasteiger partial charge in [0, 0.05) is 18.4 Å². The van der Waals surface area contributed by atoms with Gasteiger partial charge in [-0.1, -0.05) is 24.3 Å². The van der Waals surface area contributed by atoms with Gasteiger partial charge in [-0.3, -0.25) is 4.79 Å². The Morgan fingerprint density at radius 2 is 1.71 bits per heavy atom. The number of hydrogen-bond donors (Lipinski definition) is 2. The molecule has 4 nitrogen and oxygen atoms in total. The molecule has 2 aromatic carbocycles. The van der Waals surface area contributed by atoms with Crippen LogP contribution in [0, 0.1) is 0 Å². The molecule has 0 saturated carbocycles. The maximum absolute atomic E-state index is 12.7. The van der Waals surface area contributed by atoms with Crippen LogP contribution >= 0.6 is 0 Å². The zero-order valence-electron chi connectivity index (χ0n) is 13.5. The molecule has 0 aliphatic heterocycles. The molecule has 122 valence electrons. The number of carbonyl (C=O) groups excluding carboxylic acids is 1. The van der Waals surface area contributed by atoms with Crippen molar-refractivity contribution in [1.29, 1.82) is 0 Å². The lowest BCUT2D eigenvalue weighted by Crippen LogP contribution is -2.34. The van der Waals surface area contributed by atoms with E-state index < -0.39 is 0 Å². The van der Waals surface area contributed by atoms with Gasteiger partial charge in [-0.2, -0.15) is 0 Å². The van der Waals surface area contributed by atoms with Gasteiger partial charge in [0.25, 0.3) is 5.91 Å². The van der Waals surface area contributed by atoms with E-state index >= 15 is 0 Å². The fourth-order valence-electron chi connectivity index (χ4n) is 2.72. The lowest BCUT2D eigenvalue weighted by molar-refractivity contribution is 0.0940. The molecule has 3 aromatic rings. The van der Waals surface area contributed by atoms with Crippen LogP contribution in [0.5, 0.6) is 5.75 Å². The van der Waals surface area contributed by atoms with Crippen LogP contribution in [0.2, 0.25) is 0 Å². The van der Waals surface area contributed by atoms with Gasteiger partial charge in [-0.15, -0.1) is 0 Å². The average Bonchev–Trinajstić information content (AvgIpc) is 3.11. The highest BCUT2D eigenvalue weighted by Gasteiger charge is 2.14. The summed E-state index contributed by atoms with van der Waals surface area (Å²) in [6.07, 6.45) is 4.55. The molecular weight excluding hydrogens is 300 g/mol. The number of aromatic nitrogens is 1. The van der Waals surface area contributed by atoms with Crippen LogP contribution in [0.4, 0.5) is 0 Å². The number of nitrogens with one attached hydrogen (secondary N) is 1. The third kappa shape index (κ3) is 3.66. The molecule has 1 unspecified atom stereocenters. The van der Waals surface area contributed by atoms with Crippen LogP contribution in [0.25, 0.3) is 5.69 Å². The number of hydrogen-bond acceptors (Lipinski definition) is 2. The van der Waals surface area contributed by atoms with E-state index in [1.165, 1.54) is 0 Å². The SMILES string of the molecule is CC(Cc1ccc(O)cc1)NC(=O)c1ccccc1-n1cccc1. The summed E-state index contributed by atoms with van der Waals surface area (Å²) in [5, 5.41) is 12.4. The second-order valence-corrected chi connectivity index (χ2v) is 5.85. The number of carbonyl (C=O) groups is 1. The molecule has 0 saturated heterocycles. The van der Waals surface area contributed by atoms with Gasteiger partial charge in [-0.05, 0) is 55.3 Å². The summed E-state index contributed by atoms with van der Waals surface area (Å²) in [5.74, 6) is 0.154. The molecule has 4 heteroatoms. The highest BCUT2D eigenvalue weighted by atomic mass is 16.3. The minimum absolute atomic E-state index is 0.0141. The monoisotopic (exact) mass is 320 g/mol. The van der Waals surface area contributed by atoms with Crippen LogP contribution in [0.15, 0.2) is 73.1 Å². The van der Waals surface area contributed by atoms with Gasteiger partial charge >= 0.3 is 0 Å². The fraction of sp³-hybridized carbons (Fsp3) is 0.150. The number of aromatic hydroxyl groups is 1. The van der Waals surface area contributed by atoms with E-state index in [2.05, 4.69) is 5.32 Å². The van der Waals surface area contributed by atoms with Gasteiger partial charge in [0.2, 0.25) is 0 Å². The summed E-state index contributed by atoms with van der Waals surface area (Å²) < 4.78 is 1.93. The van der Waals surface area contributed by atoms with E-state index in [0.717, 1.165) is 11.3 Å². The molecule has 3 rings (SSSR count). The molecule has 0 bridgehead atoms. The quantitative estimate of drug-likeness (QED) is 0.755. The Morgan fingerprint density at radius 3 is 2.42 bits per heavy atom. The molecule has 24 heavy (non-hydrogen) atoms. The van der Waals surface area contributed by atoms with Crippen molar-refractivity contribution >= 4 is 5.91 Å². The van der Waals surface area contributed by atoms with E-state index in [4.69, 9.17) is 0 Å². The molecule has 0 fully saturated rings. The van der Waals surface area contributed by atoms with Crippen LogP contribution in [0.3, 0.4) is 0 Å². The summed E-state index contributed by atoms with van der Waals surface area (Å²) in [4.78, 5) is 12.7. The zero-order valence-corrected chi connectivity index (χ0v) is 13.5. The van der Waals surface area contributed by atoms with E-state index in [-0.39, 0.29) is 17.7 Å². The van der Waals surface area contributed by atoms with Crippen molar-refractivity contribution in [3.8, 4) is 11.4 Å². The van der Waals surface area contributed by atoms with Crippen LogP contribution in [-0.4, -0.2) is 21.6 Å². The lowest BCUT2D eigenvalue weighted by atomic mass is 10.1. The minimum Gasteiger partial charge on any atom is -0.508 e. The smallest absolute Gasteiger partial charge is 0.253 e. The van der Waals surface area contributed by atoms with Gasteiger partial charge < -0.3 is 15.0 Å². The molecule has 0 aliphatic carbocycles. The second kappa shape index (κ2) is 7.04. The van der Waals surface area contributed by atoms with E-state index in [1.54, 1.807) is 12.1 Å². The number of rotatable bonds is 5. The molecule has 1 heterocycles. The fourth-order valence-corrected chi connectivity index (χ4v) is 2.72. The Hall–Kier alpha value is -3.01. The standard InChI is InChI=1S/C20H20N2O2/c1-15(14-16-8-10-17(23)11-9-16)21-20(24)18-6-2-3-7-19(18)22-12-4-5-13-22/h2-13,15,23H,14H2,1H3,(H,21,24). The molecule has 0 radical (unpaired) electrons. The Labute approximate surface area is 141 Å². The second-order valence-electron chi connectivity index (χ2n) is 5.85. The van der Waals surface area contributed by atoms with Crippen LogP contribution < -0.4 is 5.32 Å². The predicted molar refractivity (Wildman–Crippen MR) is 94.5 cm³/mol. The highest BCUT2D eigenvalue weighted by Crippen LogP contribution is 2.16. The summed E-state index contributed by atoms with van der Waals surface area (Å²) in [6.45, 7) is 1.98. The Morgan fingerprint density at radius 1 is 1.04 bits per heavy atom. The molecule has 1 aromatic heterocycles. The van der Waals surface area contributed by atoms with Crippen molar-refractivity contribution in [2.24, 2.45) is 0 Å². The zero-order chi connectivity index (χ0) is 16.9. The Bertz CT molecular complexity index is 808. The van der Waals surface area contributed by atoms with E-state index in [0.29, 0.717) is 12.0 Å². The summed E-state index contributed by atoms with van der Waals surface area (Å²) in [5.41, 5.74) is 2.57. The molecular formula is C20H20N2O2. The first kappa shape index (κ1) is 15.9. The van der Waals surface area contributed by atoms with Crippen molar-refractivity contribution in [2.75, 3.05) is 0 Å². The Kier molecular flexibility index (Phi) is 4.66. The first-order valence-electron chi connectivity index (χ1n) is 7.94. The van der Waals surface area contributed by atoms with Crippen molar-refractivity contribution in [1.82, 2.24) is 9.88 Å². The molecule has 2 N–H and O–H groups in total. The third-order valence-corrected chi connectivity index (χ3v) is 3.89. The number of benzene rings is 2. The topological polar surface area (TPSA) is 54.3 Å². The maximum atomic E-state index is 12.7. The van der Waals surface area contributed by atoms with E-state index in [1.807, 2.05) is 72.4 Å². The number of para-hydroxylation sites is 1. The van der Waals surface area contributed by atoms with E-state index in [9.17, 15) is 9.90 Å². The van der Waals surface area contributed by atoms with Gasteiger partial charge in [-0.25, -0.2) is 0 Å². The van der Waals surface area contributed by atoms with Gasteiger partial charge in [0.1, 0.15) is 5.75 Å². The first-order valence-corrected chi connectivity index (χ1v) is 7.94. The molecule has 0 spiro atoms. The van der Waals surface area contributed by atoms with Crippen molar-refractivity contribution < 1.29 is 9.90 Å². The summed E-state index contributed by atoms with van der Waals surface area (Å²) >= 11 is 0. The molecule has 0 aliphatic rings. The number of amides is 1. The predicted octanol–water partition coefficient (Wildman–Crippen LogP) is 3.54. The highest BCUT2D eigenvalue weighted by molar-refractivity contribution is 5.98. The largest absolute Gasteiger partial charge is 0.508 e. The number of phenolic OH excluding ortho intramolecular Hbond substituents is 1. The summed E-state index contributed by atoms with van der Waals surface area (Å²) in [6, 6.07) is 18.5. The van der Waals surface area contributed by atoms with Gasteiger partial charge in [0.05, 0.1) is 11.3 Å². The maximum Gasteiger partial charge on any atom is 0.253 e. The number of nitrogens with zero attached hydrogens (tertiary/aromatic N) is 1. The van der Waals surface area contributed by atoms with Crippen LogP contribution in [-0.2, 0) is 6.42 Å². The minimum atomic E-state index is -0.0921. The molecule has 1 atom stereocenters.